The van der Waals surface area contributed by atoms with Gasteiger partial charge in [0.15, 0.2) is 0 Å². The Hall–Kier alpha value is -3.68. The van der Waals surface area contributed by atoms with Crippen LogP contribution in [0.3, 0.4) is 0 Å². The number of hydrogen-bond donors (Lipinski definition) is 1. The van der Waals surface area contributed by atoms with Crippen LogP contribution in [0.2, 0.25) is 0 Å². The van der Waals surface area contributed by atoms with Gasteiger partial charge < -0.3 is 19.0 Å². The molecule has 0 saturated heterocycles. The summed E-state index contributed by atoms with van der Waals surface area (Å²) in [5.41, 5.74) is 2.56. The molecular weight excluding hydrogens is 382 g/mol. The maximum atomic E-state index is 12.3. The average Bonchev–Trinajstić information content (AvgIpc) is 3.21. The molecule has 0 radical (unpaired) electrons. The van der Waals surface area contributed by atoms with Crippen molar-refractivity contribution in [2.24, 2.45) is 5.92 Å². The van der Waals surface area contributed by atoms with Gasteiger partial charge in [-0.2, -0.15) is 4.98 Å². The van der Waals surface area contributed by atoms with E-state index in [1.165, 1.54) is 4.57 Å². The second kappa shape index (κ2) is 7.62. The van der Waals surface area contributed by atoms with Gasteiger partial charge in [-0.05, 0) is 42.3 Å². The molecule has 2 heterocycles. The molecule has 4 rings (SSSR count). The first-order valence-corrected chi connectivity index (χ1v) is 9.72. The predicted molar refractivity (Wildman–Crippen MR) is 117 cm³/mol. The fraction of sp³-hybridized carbons (Fsp3) is 0.273. The minimum Gasteiger partial charge on any atom is -0.378 e. The second-order valence-corrected chi connectivity index (χ2v) is 7.86. The molecule has 8 heteroatoms. The molecule has 0 aliphatic heterocycles. The number of H-pyrrole nitrogens is 1. The number of aromatic nitrogens is 4. The minimum absolute atomic E-state index is 0.227. The summed E-state index contributed by atoms with van der Waals surface area (Å²) in [5.74, 6) is 1.04. The summed E-state index contributed by atoms with van der Waals surface area (Å²) in [5, 5.41) is 4.09. The van der Waals surface area contributed by atoms with E-state index in [0.717, 1.165) is 11.3 Å². The molecule has 0 unspecified atom stereocenters. The zero-order valence-corrected chi connectivity index (χ0v) is 17.3. The zero-order chi connectivity index (χ0) is 21.4. The van der Waals surface area contributed by atoms with Gasteiger partial charge in [-0.3, -0.25) is 9.59 Å². The third-order valence-corrected chi connectivity index (χ3v) is 4.82. The molecule has 0 aliphatic rings. The van der Waals surface area contributed by atoms with Gasteiger partial charge in [0.25, 0.3) is 5.89 Å². The third-order valence-electron chi connectivity index (χ3n) is 4.82. The Kier molecular flexibility index (Phi) is 4.99. The molecule has 30 heavy (non-hydrogen) atoms. The number of nitrogens with one attached hydrogen (secondary N) is 1. The quantitative estimate of drug-likeness (QED) is 0.513. The summed E-state index contributed by atoms with van der Waals surface area (Å²) in [6.07, 6.45) is 0. The van der Waals surface area contributed by atoms with Crippen LogP contribution in [-0.2, 0) is 6.54 Å². The van der Waals surface area contributed by atoms with Crippen LogP contribution in [0.5, 0.6) is 0 Å². The molecule has 1 N–H and O–H groups in total. The maximum Gasteiger partial charge on any atom is 0.316 e. The molecule has 0 atom stereocenters. The minimum atomic E-state index is -0.644. The fourth-order valence-corrected chi connectivity index (χ4v) is 3.34. The van der Waals surface area contributed by atoms with E-state index >= 15 is 0 Å². The summed E-state index contributed by atoms with van der Waals surface area (Å²) in [4.78, 5) is 33.6. The van der Waals surface area contributed by atoms with Crippen molar-refractivity contribution in [3.05, 3.63) is 63.2 Å². The van der Waals surface area contributed by atoms with Crippen molar-refractivity contribution < 1.29 is 4.52 Å². The lowest BCUT2D eigenvalue weighted by Gasteiger charge is -2.12. The highest BCUT2D eigenvalue weighted by molar-refractivity contribution is 5.80. The van der Waals surface area contributed by atoms with Crippen molar-refractivity contribution in [1.29, 1.82) is 0 Å². The van der Waals surface area contributed by atoms with Crippen molar-refractivity contribution in [1.82, 2.24) is 19.7 Å². The van der Waals surface area contributed by atoms with Gasteiger partial charge in [-0.15, -0.1) is 0 Å². The second-order valence-electron chi connectivity index (χ2n) is 7.86. The largest absolute Gasteiger partial charge is 0.378 e. The summed E-state index contributed by atoms with van der Waals surface area (Å²) < 4.78 is 6.98. The molecule has 8 nitrogen and oxygen atoms in total. The highest BCUT2D eigenvalue weighted by Gasteiger charge is 2.14. The van der Waals surface area contributed by atoms with Gasteiger partial charge >= 0.3 is 11.1 Å². The molecule has 0 saturated carbocycles. The molecule has 0 fully saturated rings. The van der Waals surface area contributed by atoms with Crippen molar-refractivity contribution in [2.45, 2.75) is 20.4 Å². The van der Waals surface area contributed by atoms with Crippen molar-refractivity contribution >= 4 is 16.7 Å². The van der Waals surface area contributed by atoms with E-state index in [4.69, 9.17) is 4.52 Å². The van der Waals surface area contributed by atoms with Gasteiger partial charge in [0, 0.05) is 37.5 Å². The van der Waals surface area contributed by atoms with E-state index in [9.17, 15) is 9.59 Å². The molecule has 2 aromatic heterocycles. The Morgan fingerprint density at radius 1 is 1.10 bits per heavy atom. The number of benzene rings is 2. The Morgan fingerprint density at radius 2 is 1.90 bits per heavy atom. The van der Waals surface area contributed by atoms with Crippen LogP contribution in [0.1, 0.15) is 13.8 Å². The van der Waals surface area contributed by atoms with Crippen molar-refractivity contribution in [2.75, 3.05) is 19.0 Å². The summed E-state index contributed by atoms with van der Waals surface area (Å²) in [7, 11) is 3.93. The van der Waals surface area contributed by atoms with Crippen LogP contribution in [0.25, 0.3) is 33.9 Å². The van der Waals surface area contributed by atoms with Gasteiger partial charge in [-0.1, -0.05) is 25.1 Å². The molecule has 0 aliphatic carbocycles. The van der Waals surface area contributed by atoms with E-state index in [2.05, 4.69) is 15.1 Å². The zero-order valence-electron chi connectivity index (χ0n) is 17.3. The molecule has 154 valence electrons. The SMILES string of the molecule is CC(C)Cn1c(=O)c(=O)[nH]c2cc(-c3noc(-c4cccc(N(C)C)c4)n3)ccc21. The Bertz CT molecular complexity index is 1330. The summed E-state index contributed by atoms with van der Waals surface area (Å²) in [6, 6.07) is 13.2. The Morgan fingerprint density at radius 3 is 2.63 bits per heavy atom. The van der Waals surface area contributed by atoms with Gasteiger partial charge in [-0.25, -0.2) is 0 Å². The first-order chi connectivity index (χ1) is 14.3. The topological polar surface area (TPSA) is 97.0 Å². The van der Waals surface area contributed by atoms with Crippen LogP contribution in [-0.4, -0.2) is 33.8 Å². The fourth-order valence-electron chi connectivity index (χ4n) is 3.34. The van der Waals surface area contributed by atoms with E-state index < -0.39 is 11.1 Å². The smallest absolute Gasteiger partial charge is 0.316 e. The molecule has 2 aromatic carbocycles. The first kappa shape index (κ1) is 19.6. The van der Waals surface area contributed by atoms with Crippen molar-refractivity contribution in [3.8, 4) is 22.8 Å². The van der Waals surface area contributed by atoms with Crippen LogP contribution in [0.15, 0.2) is 56.6 Å². The highest BCUT2D eigenvalue weighted by atomic mass is 16.5. The van der Waals surface area contributed by atoms with Crippen LogP contribution >= 0.6 is 0 Å². The van der Waals surface area contributed by atoms with Crippen LogP contribution < -0.4 is 16.0 Å². The van der Waals surface area contributed by atoms with Gasteiger partial charge in [0.05, 0.1) is 11.0 Å². The van der Waals surface area contributed by atoms with E-state index in [1.54, 1.807) is 12.1 Å². The molecule has 0 spiro atoms. The molecule has 0 bridgehead atoms. The maximum absolute atomic E-state index is 12.3. The lowest BCUT2D eigenvalue weighted by molar-refractivity contribution is 0.432. The Balaban J connectivity index is 1.76. The number of aromatic amines is 1. The highest BCUT2D eigenvalue weighted by Crippen LogP contribution is 2.26. The van der Waals surface area contributed by atoms with E-state index in [-0.39, 0.29) is 5.92 Å². The van der Waals surface area contributed by atoms with Crippen LogP contribution in [0.4, 0.5) is 5.69 Å². The van der Waals surface area contributed by atoms with Crippen molar-refractivity contribution in [3.63, 3.8) is 0 Å². The van der Waals surface area contributed by atoms with Crippen LogP contribution in [0, 0.1) is 5.92 Å². The predicted octanol–water partition coefficient (Wildman–Crippen LogP) is 3.13. The first-order valence-electron chi connectivity index (χ1n) is 9.72. The molecular formula is C22H23N5O3. The molecule has 4 aromatic rings. The summed E-state index contributed by atoms with van der Waals surface area (Å²) >= 11 is 0. The lowest BCUT2D eigenvalue weighted by Crippen LogP contribution is -2.37. The van der Waals surface area contributed by atoms with Gasteiger partial charge in [0.1, 0.15) is 0 Å². The number of rotatable bonds is 5. The standard InChI is InChI=1S/C22H23N5O3/c1-13(2)12-27-18-9-8-14(11-17(18)23-20(28)22(27)29)19-24-21(30-25-19)15-6-5-7-16(10-15)26(3)4/h5-11,13H,12H2,1-4H3,(H,23,28). The van der Waals surface area contributed by atoms with Gasteiger partial charge in [0.2, 0.25) is 5.82 Å². The number of fused-ring (bicyclic) bond motifs is 1. The number of hydrogen-bond acceptors (Lipinski definition) is 6. The lowest BCUT2D eigenvalue weighted by atomic mass is 10.1. The number of anilines is 1. The average molecular weight is 405 g/mol. The number of nitrogens with zero attached hydrogens (tertiary/aromatic N) is 4. The third kappa shape index (κ3) is 3.63. The van der Waals surface area contributed by atoms with E-state index in [1.807, 2.05) is 63.2 Å². The normalized spacial score (nSPS) is 11.4. The summed E-state index contributed by atoms with van der Waals surface area (Å²) in [6.45, 7) is 4.47. The Labute approximate surface area is 172 Å². The molecule has 0 amide bonds. The van der Waals surface area contributed by atoms with E-state index in [0.29, 0.717) is 34.9 Å². The monoisotopic (exact) mass is 405 g/mol.